The Hall–Kier alpha value is -3.15. The number of nitrogens with zero attached hydrogens (tertiary/aromatic N) is 1. The van der Waals surface area contributed by atoms with Gasteiger partial charge in [0.05, 0.1) is 24.0 Å². The summed E-state index contributed by atoms with van der Waals surface area (Å²) in [6, 6.07) is 13.5. The van der Waals surface area contributed by atoms with E-state index in [2.05, 4.69) is 24.5 Å². The van der Waals surface area contributed by atoms with Gasteiger partial charge in [0.25, 0.3) is 0 Å². The second-order valence-electron chi connectivity index (χ2n) is 10.2. The maximum absolute atomic E-state index is 15.2. The molecule has 0 saturated heterocycles. The number of anilines is 2. The van der Waals surface area contributed by atoms with Gasteiger partial charge >= 0.3 is 0 Å². The molecule has 0 fully saturated rings. The monoisotopic (exact) mass is 449 g/mol. The fourth-order valence-electron chi connectivity index (χ4n) is 4.78. The molecule has 33 heavy (non-hydrogen) atoms. The third-order valence-electron chi connectivity index (χ3n) is 6.23. The third kappa shape index (κ3) is 4.80. The van der Waals surface area contributed by atoms with Gasteiger partial charge in [0.15, 0.2) is 5.78 Å². The summed E-state index contributed by atoms with van der Waals surface area (Å²) in [5.41, 5.74) is 3.13. The molecule has 1 atom stereocenters. The average molecular weight is 450 g/mol. The van der Waals surface area contributed by atoms with Gasteiger partial charge in [-0.1, -0.05) is 58.0 Å². The van der Waals surface area contributed by atoms with Gasteiger partial charge in [-0.05, 0) is 36.0 Å². The van der Waals surface area contributed by atoms with E-state index in [1.54, 1.807) is 18.2 Å². The molecule has 1 aliphatic carbocycles. The molecule has 1 amide bonds. The molecule has 4 rings (SSSR count). The van der Waals surface area contributed by atoms with Gasteiger partial charge in [-0.2, -0.15) is 0 Å². The van der Waals surface area contributed by atoms with Crippen molar-refractivity contribution in [2.45, 2.75) is 46.6 Å². The largest absolute Gasteiger partial charge is 0.357 e. The van der Waals surface area contributed by atoms with Crippen LogP contribution in [-0.4, -0.2) is 24.8 Å². The number of rotatable bonds is 5. The fraction of sp³-hybridized carbons (Fsp3) is 0.407. The minimum atomic E-state index is -0.703. The Morgan fingerprint density at radius 2 is 1.85 bits per heavy atom. The van der Waals surface area contributed by atoms with Crippen molar-refractivity contribution < 1.29 is 14.0 Å². The molecule has 2 aliphatic rings. The van der Waals surface area contributed by atoms with E-state index in [0.29, 0.717) is 36.4 Å². The van der Waals surface area contributed by atoms with Crippen LogP contribution in [0.4, 0.5) is 15.8 Å². The predicted molar refractivity (Wildman–Crippen MR) is 129 cm³/mol. The van der Waals surface area contributed by atoms with Crippen LogP contribution in [0, 0.1) is 17.2 Å². The van der Waals surface area contributed by atoms with Crippen molar-refractivity contribution in [3.8, 4) is 0 Å². The van der Waals surface area contributed by atoms with Crippen LogP contribution in [0.15, 0.2) is 59.8 Å². The maximum Gasteiger partial charge on any atom is 0.239 e. The molecule has 0 spiro atoms. The fourth-order valence-corrected chi connectivity index (χ4v) is 4.78. The molecule has 0 aromatic heterocycles. The summed E-state index contributed by atoms with van der Waals surface area (Å²) in [7, 11) is 0. The van der Waals surface area contributed by atoms with Crippen molar-refractivity contribution in [3.63, 3.8) is 0 Å². The molecular weight excluding hydrogens is 417 g/mol. The summed E-state index contributed by atoms with van der Waals surface area (Å²) < 4.78 is 15.2. The number of benzene rings is 2. The van der Waals surface area contributed by atoms with Gasteiger partial charge in [-0.15, -0.1) is 0 Å². The van der Waals surface area contributed by atoms with Crippen LogP contribution in [0.3, 0.4) is 0 Å². The number of para-hydroxylation sites is 2. The van der Waals surface area contributed by atoms with Crippen molar-refractivity contribution in [1.29, 1.82) is 0 Å². The summed E-state index contributed by atoms with van der Waals surface area (Å²) >= 11 is 0. The average Bonchev–Trinajstić information content (AvgIpc) is 2.86. The summed E-state index contributed by atoms with van der Waals surface area (Å²) in [6.45, 7) is 8.78. The van der Waals surface area contributed by atoms with Crippen LogP contribution in [0.2, 0.25) is 0 Å². The van der Waals surface area contributed by atoms with E-state index in [-0.39, 0.29) is 29.5 Å². The highest BCUT2D eigenvalue weighted by molar-refractivity contribution is 6.01. The molecule has 174 valence electrons. The number of carbonyl (C=O) groups is 2. The van der Waals surface area contributed by atoms with Crippen molar-refractivity contribution in [3.05, 3.63) is 71.2 Å². The molecular formula is C27H32FN3O2. The summed E-state index contributed by atoms with van der Waals surface area (Å²) in [4.78, 5) is 28.4. The van der Waals surface area contributed by atoms with Crippen LogP contribution >= 0.6 is 0 Å². The Balaban J connectivity index is 1.89. The number of fused-ring (bicyclic) bond motifs is 1. The summed E-state index contributed by atoms with van der Waals surface area (Å²) in [5.74, 6) is -0.250. The number of hydrogen-bond donors (Lipinski definition) is 2. The third-order valence-corrected chi connectivity index (χ3v) is 6.23. The Kier molecular flexibility index (Phi) is 6.28. The van der Waals surface area contributed by atoms with Gasteiger partial charge in [0.2, 0.25) is 5.91 Å². The Bertz CT molecular complexity index is 1110. The molecule has 2 N–H and O–H groups in total. The normalized spacial score (nSPS) is 19.5. The number of nitrogens with one attached hydrogen (secondary N) is 2. The molecule has 1 heterocycles. The standard InChI is InChI=1S/C27H32FN3O2/c1-17(2)15-29-24(33)16-31-22-12-8-7-11-20(22)30-21-13-27(3,4)14-23(32)25(21)26(31)18-9-5-6-10-19(18)28/h5-12,17,26,30H,13-16H2,1-4H3,(H,29,33). The van der Waals surface area contributed by atoms with Crippen LogP contribution in [0.1, 0.15) is 52.1 Å². The number of Topliss-reactive ketones (excluding diaryl/α,β-unsaturated/α-hetero) is 1. The number of carbonyl (C=O) groups excluding carboxylic acids is 2. The molecule has 6 heteroatoms. The maximum atomic E-state index is 15.2. The lowest BCUT2D eigenvalue weighted by atomic mass is 9.73. The highest BCUT2D eigenvalue weighted by Crippen LogP contribution is 2.48. The van der Waals surface area contributed by atoms with E-state index in [9.17, 15) is 9.59 Å². The SMILES string of the molecule is CC(C)CNC(=O)CN1c2ccccc2NC2=C(C(=O)CC(C)(C)C2)C1c1ccccc1F. The first-order valence-electron chi connectivity index (χ1n) is 11.6. The molecule has 0 saturated carbocycles. The lowest BCUT2D eigenvalue weighted by molar-refractivity contribution is -0.120. The van der Waals surface area contributed by atoms with Gasteiger partial charge < -0.3 is 15.5 Å². The zero-order valence-corrected chi connectivity index (χ0v) is 19.7. The van der Waals surface area contributed by atoms with Gasteiger partial charge in [-0.25, -0.2) is 4.39 Å². The zero-order chi connectivity index (χ0) is 23.8. The lowest BCUT2D eigenvalue weighted by Gasteiger charge is -2.38. The van der Waals surface area contributed by atoms with Crippen LogP contribution in [0.5, 0.6) is 0 Å². The first-order chi connectivity index (χ1) is 15.7. The highest BCUT2D eigenvalue weighted by Gasteiger charge is 2.42. The molecule has 2 aromatic carbocycles. The second-order valence-corrected chi connectivity index (χ2v) is 10.2. The summed E-state index contributed by atoms with van der Waals surface area (Å²) in [6.07, 6.45) is 1.04. The predicted octanol–water partition coefficient (Wildman–Crippen LogP) is 5.21. The summed E-state index contributed by atoms with van der Waals surface area (Å²) in [5, 5.41) is 6.45. The zero-order valence-electron chi connectivity index (χ0n) is 19.7. The van der Waals surface area contributed by atoms with E-state index in [1.165, 1.54) is 6.07 Å². The van der Waals surface area contributed by atoms with Crippen LogP contribution in [-0.2, 0) is 9.59 Å². The Morgan fingerprint density at radius 3 is 2.58 bits per heavy atom. The number of allylic oxidation sites excluding steroid dienone is 1. The quantitative estimate of drug-likeness (QED) is 0.658. The van der Waals surface area contributed by atoms with E-state index in [1.807, 2.05) is 43.0 Å². The topological polar surface area (TPSA) is 61.4 Å². The van der Waals surface area contributed by atoms with Crippen LogP contribution in [0.25, 0.3) is 0 Å². The van der Waals surface area contributed by atoms with E-state index in [0.717, 1.165) is 17.1 Å². The number of ketones is 1. The molecule has 5 nitrogen and oxygen atoms in total. The highest BCUT2D eigenvalue weighted by atomic mass is 19.1. The minimum absolute atomic E-state index is 0.0117. The molecule has 0 radical (unpaired) electrons. The molecule has 2 aromatic rings. The lowest BCUT2D eigenvalue weighted by Crippen LogP contribution is -2.43. The first kappa shape index (κ1) is 23.0. The van der Waals surface area contributed by atoms with Crippen molar-refractivity contribution in [2.75, 3.05) is 23.3 Å². The smallest absolute Gasteiger partial charge is 0.239 e. The van der Waals surface area contributed by atoms with Gasteiger partial charge in [0, 0.05) is 29.8 Å². The second kappa shape index (κ2) is 9.00. The first-order valence-corrected chi connectivity index (χ1v) is 11.6. The molecule has 1 unspecified atom stereocenters. The van der Waals surface area contributed by atoms with Crippen molar-refractivity contribution in [2.24, 2.45) is 11.3 Å². The molecule has 0 bridgehead atoms. The Morgan fingerprint density at radius 1 is 1.15 bits per heavy atom. The number of amides is 1. The molecule has 1 aliphatic heterocycles. The van der Waals surface area contributed by atoms with Crippen molar-refractivity contribution in [1.82, 2.24) is 5.32 Å². The van der Waals surface area contributed by atoms with Crippen LogP contribution < -0.4 is 15.5 Å². The van der Waals surface area contributed by atoms with E-state index >= 15 is 4.39 Å². The van der Waals surface area contributed by atoms with E-state index in [4.69, 9.17) is 0 Å². The number of hydrogen-bond acceptors (Lipinski definition) is 4. The van der Waals surface area contributed by atoms with Gasteiger partial charge in [0.1, 0.15) is 5.82 Å². The minimum Gasteiger partial charge on any atom is -0.357 e. The Labute approximate surface area is 195 Å². The van der Waals surface area contributed by atoms with Crippen molar-refractivity contribution >= 4 is 23.1 Å². The van der Waals surface area contributed by atoms with Gasteiger partial charge in [-0.3, -0.25) is 9.59 Å². The number of halogens is 1. The van der Waals surface area contributed by atoms with E-state index < -0.39 is 6.04 Å².